The maximum atomic E-state index is 11.0. The van der Waals surface area contributed by atoms with Gasteiger partial charge in [-0.3, -0.25) is 4.79 Å². The zero-order valence-corrected chi connectivity index (χ0v) is 11.9. The number of rotatable bonds is 6. The van der Waals surface area contributed by atoms with Gasteiger partial charge in [0.2, 0.25) is 5.91 Å². The molecule has 1 saturated carbocycles. The third-order valence-corrected chi connectivity index (χ3v) is 4.21. The Morgan fingerprint density at radius 3 is 2.74 bits per heavy atom. The van der Waals surface area contributed by atoms with Crippen molar-refractivity contribution in [3.8, 4) is 0 Å². The molecule has 3 N–H and O–H groups in total. The van der Waals surface area contributed by atoms with E-state index in [1.807, 2.05) is 6.07 Å². The first-order valence-electron chi connectivity index (χ1n) is 6.96. The van der Waals surface area contributed by atoms with Gasteiger partial charge in [-0.05, 0) is 36.6 Å². The molecule has 1 aromatic carbocycles. The van der Waals surface area contributed by atoms with E-state index in [1.54, 1.807) is 12.1 Å². The molecule has 0 atom stereocenters. The number of primary amides is 1. The third-order valence-electron chi connectivity index (χ3n) is 3.86. The molecule has 104 valence electrons. The highest BCUT2D eigenvalue weighted by molar-refractivity contribution is 6.31. The number of nitrogens with one attached hydrogen (secondary N) is 1. The van der Waals surface area contributed by atoms with Crippen molar-refractivity contribution in [1.29, 1.82) is 0 Å². The number of amides is 1. The van der Waals surface area contributed by atoms with Gasteiger partial charge in [-0.1, -0.05) is 43.4 Å². The van der Waals surface area contributed by atoms with Gasteiger partial charge in [0.05, 0.1) is 0 Å². The minimum Gasteiger partial charge on any atom is -0.366 e. The molecule has 0 spiro atoms. The monoisotopic (exact) mass is 280 g/mol. The summed E-state index contributed by atoms with van der Waals surface area (Å²) >= 11 is 6.13. The lowest BCUT2D eigenvalue weighted by molar-refractivity contribution is 0.100. The van der Waals surface area contributed by atoms with Crippen LogP contribution in [0, 0.1) is 5.92 Å². The minimum atomic E-state index is -0.442. The largest absolute Gasteiger partial charge is 0.366 e. The van der Waals surface area contributed by atoms with Crippen molar-refractivity contribution in [3.63, 3.8) is 0 Å². The van der Waals surface area contributed by atoms with Gasteiger partial charge < -0.3 is 11.1 Å². The van der Waals surface area contributed by atoms with E-state index in [0.717, 1.165) is 24.6 Å². The first-order chi connectivity index (χ1) is 9.16. The van der Waals surface area contributed by atoms with Gasteiger partial charge in [0, 0.05) is 17.1 Å². The number of halogens is 1. The molecule has 1 fully saturated rings. The van der Waals surface area contributed by atoms with Crippen molar-refractivity contribution in [1.82, 2.24) is 5.32 Å². The zero-order valence-electron chi connectivity index (χ0n) is 11.1. The molecule has 3 nitrogen and oxygen atoms in total. The minimum absolute atomic E-state index is 0.442. The van der Waals surface area contributed by atoms with Crippen LogP contribution < -0.4 is 11.1 Å². The predicted octanol–water partition coefficient (Wildman–Crippen LogP) is 3.11. The second-order valence-corrected chi connectivity index (χ2v) is 5.69. The van der Waals surface area contributed by atoms with Crippen molar-refractivity contribution in [2.75, 3.05) is 6.54 Å². The summed E-state index contributed by atoms with van der Waals surface area (Å²) in [7, 11) is 0. The van der Waals surface area contributed by atoms with Gasteiger partial charge in [-0.15, -0.1) is 0 Å². The predicted molar refractivity (Wildman–Crippen MR) is 78.3 cm³/mol. The molecule has 1 aromatic rings. The molecule has 0 unspecified atom stereocenters. The number of hydrogen-bond donors (Lipinski definition) is 2. The van der Waals surface area contributed by atoms with Crippen LogP contribution in [0.25, 0.3) is 0 Å². The topological polar surface area (TPSA) is 55.1 Å². The molecular formula is C15H21ClN2O. The number of carbonyl (C=O) groups is 1. The highest BCUT2D eigenvalue weighted by atomic mass is 35.5. The van der Waals surface area contributed by atoms with Crippen LogP contribution in [0.5, 0.6) is 0 Å². The Labute approximate surface area is 119 Å². The molecule has 0 aromatic heterocycles. The van der Waals surface area contributed by atoms with Gasteiger partial charge >= 0.3 is 0 Å². The van der Waals surface area contributed by atoms with Gasteiger partial charge in [-0.25, -0.2) is 0 Å². The smallest absolute Gasteiger partial charge is 0.248 e. The van der Waals surface area contributed by atoms with Crippen molar-refractivity contribution in [3.05, 3.63) is 34.3 Å². The van der Waals surface area contributed by atoms with Crippen molar-refractivity contribution in [2.45, 2.75) is 38.6 Å². The van der Waals surface area contributed by atoms with Crippen LogP contribution in [0.15, 0.2) is 18.2 Å². The number of benzene rings is 1. The normalized spacial score (nSPS) is 15.8. The average Bonchev–Trinajstić information content (AvgIpc) is 2.89. The molecule has 2 rings (SSSR count). The van der Waals surface area contributed by atoms with E-state index in [9.17, 15) is 4.79 Å². The highest BCUT2D eigenvalue weighted by Crippen LogP contribution is 2.27. The lowest BCUT2D eigenvalue weighted by atomic mass is 10.0. The Kier molecular flexibility index (Phi) is 5.23. The lowest BCUT2D eigenvalue weighted by Crippen LogP contribution is -2.17. The Morgan fingerprint density at radius 1 is 1.37 bits per heavy atom. The van der Waals surface area contributed by atoms with E-state index in [2.05, 4.69) is 5.32 Å². The quantitative estimate of drug-likeness (QED) is 0.787. The number of hydrogen-bond acceptors (Lipinski definition) is 2. The highest BCUT2D eigenvalue weighted by Gasteiger charge is 2.14. The molecule has 1 aliphatic carbocycles. The SMILES string of the molecule is NC(=O)c1ccc(CNCCC2CCCC2)c(Cl)c1. The van der Waals surface area contributed by atoms with Crippen LogP contribution >= 0.6 is 11.6 Å². The van der Waals surface area contributed by atoms with E-state index < -0.39 is 5.91 Å². The van der Waals surface area contributed by atoms with Crippen LogP contribution in [-0.2, 0) is 6.54 Å². The summed E-state index contributed by atoms with van der Waals surface area (Å²) in [6.45, 7) is 1.77. The standard InChI is InChI=1S/C15H21ClN2O/c16-14-9-12(15(17)19)5-6-13(14)10-18-8-7-11-3-1-2-4-11/h5-6,9,11,18H,1-4,7-8,10H2,(H2,17,19). The van der Waals surface area contributed by atoms with Crippen molar-refractivity contribution in [2.24, 2.45) is 11.7 Å². The summed E-state index contributed by atoms with van der Waals surface area (Å²) in [5.41, 5.74) is 6.68. The van der Waals surface area contributed by atoms with Crippen LogP contribution in [-0.4, -0.2) is 12.5 Å². The summed E-state index contributed by atoms with van der Waals surface area (Å²) in [4.78, 5) is 11.0. The molecule has 19 heavy (non-hydrogen) atoms. The average molecular weight is 281 g/mol. The van der Waals surface area contributed by atoms with E-state index in [-0.39, 0.29) is 0 Å². The molecule has 1 aliphatic rings. The first kappa shape index (κ1) is 14.4. The molecule has 0 saturated heterocycles. The van der Waals surface area contributed by atoms with E-state index in [4.69, 9.17) is 17.3 Å². The van der Waals surface area contributed by atoms with E-state index in [0.29, 0.717) is 10.6 Å². The summed E-state index contributed by atoms with van der Waals surface area (Å²) in [5, 5.41) is 4.02. The third kappa shape index (κ3) is 4.22. The van der Waals surface area contributed by atoms with Crippen LogP contribution in [0.4, 0.5) is 0 Å². The van der Waals surface area contributed by atoms with Crippen LogP contribution in [0.3, 0.4) is 0 Å². The maximum Gasteiger partial charge on any atom is 0.248 e. The summed E-state index contributed by atoms with van der Waals surface area (Å²) in [6, 6.07) is 5.23. The molecular weight excluding hydrogens is 260 g/mol. The number of carbonyl (C=O) groups excluding carboxylic acids is 1. The molecule has 1 amide bonds. The Morgan fingerprint density at radius 2 is 2.11 bits per heavy atom. The van der Waals surface area contributed by atoms with Crippen molar-refractivity contribution < 1.29 is 4.79 Å². The first-order valence-corrected chi connectivity index (χ1v) is 7.33. The molecule has 0 heterocycles. The summed E-state index contributed by atoms with van der Waals surface area (Å²) < 4.78 is 0. The lowest BCUT2D eigenvalue weighted by Gasteiger charge is -2.11. The Balaban J connectivity index is 1.77. The molecule has 0 bridgehead atoms. The summed E-state index contributed by atoms with van der Waals surface area (Å²) in [6.07, 6.45) is 6.80. The number of nitrogens with two attached hydrogens (primary N) is 1. The fourth-order valence-electron chi connectivity index (χ4n) is 2.67. The van der Waals surface area contributed by atoms with Gasteiger partial charge in [0.1, 0.15) is 0 Å². The second-order valence-electron chi connectivity index (χ2n) is 5.29. The zero-order chi connectivity index (χ0) is 13.7. The Hall–Kier alpha value is -1.06. The summed E-state index contributed by atoms with van der Waals surface area (Å²) in [5.74, 6) is 0.461. The van der Waals surface area contributed by atoms with E-state index in [1.165, 1.54) is 32.1 Å². The fourth-order valence-corrected chi connectivity index (χ4v) is 2.92. The maximum absolute atomic E-state index is 11.0. The van der Waals surface area contributed by atoms with E-state index >= 15 is 0 Å². The second kappa shape index (κ2) is 6.92. The van der Waals surface area contributed by atoms with Crippen molar-refractivity contribution >= 4 is 17.5 Å². The van der Waals surface area contributed by atoms with Gasteiger partial charge in [0.25, 0.3) is 0 Å². The van der Waals surface area contributed by atoms with Crippen LogP contribution in [0.1, 0.15) is 48.0 Å². The molecule has 0 radical (unpaired) electrons. The van der Waals surface area contributed by atoms with Crippen LogP contribution in [0.2, 0.25) is 5.02 Å². The molecule has 4 heteroatoms. The Bertz CT molecular complexity index is 442. The molecule has 0 aliphatic heterocycles. The van der Waals surface area contributed by atoms with Gasteiger partial charge in [0.15, 0.2) is 0 Å². The fraction of sp³-hybridized carbons (Fsp3) is 0.533. The van der Waals surface area contributed by atoms with Gasteiger partial charge in [-0.2, -0.15) is 0 Å².